The van der Waals surface area contributed by atoms with Crippen LogP contribution in [0.5, 0.6) is 0 Å². The standard InChI is InChI=1S/C19H20FN5O/c20-15-6-9-24(12-15)19(26)16(21)11-13-1-3-14(4-2-13)17-7-10-25-18(23-17)5-8-22-25/h1-5,7-8,10,15-16H,6,9,11-12,21H2/t15-,16+/m1/s1. The van der Waals surface area contributed by atoms with E-state index in [0.29, 0.717) is 19.4 Å². The van der Waals surface area contributed by atoms with Gasteiger partial charge in [-0.2, -0.15) is 5.10 Å². The second kappa shape index (κ2) is 6.84. The number of carbonyl (C=O) groups is 1. The van der Waals surface area contributed by atoms with Crippen molar-refractivity contribution in [3.8, 4) is 11.3 Å². The van der Waals surface area contributed by atoms with Gasteiger partial charge in [0.1, 0.15) is 6.17 Å². The van der Waals surface area contributed by atoms with Gasteiger partial charge in [-0.1, -0.05) is 24.3 Å². The number of hydrogen-bond donors (Lipinski definition) is 1. The van der Waals surface area contributed by atoms with E-state index in [1.165, 1.54) is 4.90 Å². The molecule has 134 valence electrons. The first kappa shape index (κ1) is 16.7. The van der Waals surface area contributed by atoms with E-state index in [2.05, 4.69) is 10.1 Å². The summed E-state index contributed by atoms with van der Waals surface area (Å²) in [5.74, 6) is -0.179. The van der Waals surface area contributed by atoms with Crippen LogP contribution in [0.4, 0.5) is 4.39 Å². The number of aromatic nitrogens is 3. The van der Waals surface area contributed by atoms with Gasteiger partial charge in [-0.05, 0) is 24.5 Å². The molecule has 26 heavy (non-hydrogen) atoms. The quantitative estimate of drug-likeness (QED) is 0.776. The Morgan fingerprint density at radius 1 is 1.27 bits per heavy atom. The fourth-order valence-corrected chi connectivity index (χ4v) is 3.28. The van der Waals surface area contributed by atoms with Crippen molar-refractivity contribution in [3.63, 3.8) is 0 Å². The topological polar surface area (TPSA) is 76.5 Å². The molecule has 4 rings (SSSR count). The zero-order chi connectivity index (χ0) is 18.1. The summed E-state index contributed by atoms with van der Waals surface area (Å²) in [6.07, 6.45) is 3.49. The molecule has 0 radical (unpaired) electrons. The Bertz CT molecular complexity index is 923. The number of alkyl halides is 1. The van der Waals surface area contributed by atoms with Crippen LogP contribution in [0.2, 0.25) is 0 Å². The SMILES string of the molecule is N[C@@H](Cc1ccc(-c2ccn3nccc3n2)cc1)C(=O)N1CC[C@@H](F)C1. The molecule has 7 heteroatoms. The number of hydrogen-bond acceptors (Lipinski definition) is 4. The van der Waals surface area contributed by atoms with Crippen LogP contribution in [-0.2, 0) is 11.2 Å². The van der Waals surface area contributed by atoms with E-state index in [1.807, 2.05) is 42.6 Å². The van der Waals surface area contributed by atoms with Gasteiger partial charge in [0, 0.05) is 24.4 Å². The number of nitrogens with two attached hydrogens (primary N) is 1. The molecule has 0 bridgehead atoms. The van der Waals surface area contributed by atoms with Gasteiger partial charge in [-0.15, -0.1) is 0 Å². The van der Waals surface area contributed by atoms with Gasteiger partial charge in [0.2, 0.25) is 5.91 Å². The van der Waals surface area contributed by atoms with Crippen LogP contribution in [0.25, 0.3) is 16.9 Å². The second-order valence-electron chi connectivity index (χ2n) is 6.62. The first-order chi connectivity index (χ1) is 12.6. The molecule has 0 aliphatic carbocycles. The number of halogens is 1. The molecule has 0 unspecified atom stereocenters. The molecule has 2 atom stereocenters. The lowest BCUT2D eigenvalue weighted by atomic mass is 10.0. The van der Waals surface area contributed by atoms with Crippen molar-refractivity contribution in [2.75, 3.05) is 13.1 Å². The molecule has 2 N–H and O–H groups in total. The van der Waals surface area contributed by atoms with E-state index in [4.69, 9.17) is 5.73 Å². The molecule has 0 saturated carbocycles. The minimum Gasteiger partial charge on any atom is -0.338 e. The highest BCUT2D eigenvalue weighted by Crippen LogP contribution is 2.19. The number of carbonyl (C=O) groups excluding carboxylic acids is 1. The lowest BCUT2D eigenvalue weighted by Crippen LogP contribution is -2.44. The Labute approximate surface area is 150 Å². The van der Waals surface area contributed by atoms with Crippen LogP contribution in [0.15, 0.2) is 48.8 Å². The molecular formula is C19H20FN5O. The molecule has 1 saturated heterocycles. The van der Waals surface area contributed by atoms with Crippen LogP contribution in [-0.4, -0.2) is 50.7 Å². The zero-order valence-corrected chi connectivity index (χ0v) is 14.3. The third-order valence-electron chi connectivity index (χ3n) is 4.72. The first-order valence-corrected chi connectivity index (χ1v) is 8.68. The minimum atomic E-state index is -0.925. The second-order valence-corrected chi connectivity index (χ2v) is 6.62. The predicted octanol–water partition coefficient (Wildman–Crippen LogP) is 1.84. The van der Waals surface area contributed by atoms with Gasteiger partial charge in [0.25, 0.3) is 0 Å². The smallest absolute Gasteiger partial charge is 0.239 e. The summed E-state index contributed by atoms with van der Waals surface area (Å²) >= 11 is 0. The van der Waals surface area contributed by atoms with Crippen molar-refractivity contribution in [3.05, 3.63) is 54.4 Å². The third kappa shape index (κ3) is 3.30. The summed E-state index contributed by atoms with van der Waals surface area (Å²) in [5, 5.41) is 4.13. The monoisotopic (exact) mass is 353 g/mol. The molecule has 6 nitrogen and oxygen atoms in total. The minimum absolute atomic E-state index is 0.161. The maximum absolute atomic E-state index is 13.3. The molecule has 1 amide bonds. The molecule has 0 spiro atoms. The van der Waals surface area contributed by atoms with Crippen molar-refractivity contribution < 1.29 is 9.18 Å². The number of amides is 1. The highest BCUT2D eigenvalue weighted by Gasteiger charge is 2.29. The number of fused-ring (bicyclic) bond motifs is 1. The maximum atomic E-state index is 13.3. The van der Waals surface area contributed by atoms with Crippen LogP contribution in [0, 0.1) is 0 Å². The molecular weight excluding hydrogens is 333 g/mol. The van der Waals surface area contributed by atoms with E-state index in [1.54, 1.807) is 10.7 Å². The summed E-state index contributed by atoms with van der Waals surface area (Å²) in [4.78, 5) is 18.4. The lowest BCUT2D eigenvalue weighted by Gasteiger charge is -2.20. The van der Waals surface area contributed by atoms with E-state index < -0.39 is 12.2 Å². The zero-order valence-electron chi connectivity index (χ0n) is 14.3. The van der Waals surface area contributed by atoms with Crippen LogP contribution >= 0.6 is 0 Å². The van der Waals surface area contributed by atoms with Gasteiger partial charge in [0.15, 0.2) is 5.65 Å². The van der Waals surface area contributed by atoms with E-state index >= 15 is 0 Å². The number of benzene rings is 1. The Morgan fingerprint density at radius 2 is 2.08 bits per heavy atom. The molecule has 1 aliphatic rings. The Balaban J connectivity index is 1.44. The molecule has 3 aromatic rings. The van der Waals surface area contributed by atoms with Gasteiger partial charge >= 0.3 is 0 Å². The normalized spacial score (nSPS) is 18.4. The van der Waals surface area contributed by atoms with Crippen molar-refractivity contribution >= 4 is 11.6 Å². The van der Waals surface area contributed by atoms with Gasteiger partial charge in [-0.25, -0.2) is 13.9 Å². The fraction of sp³-hybridized carbons (Fsp3) is 0.316. The van der Waals surface area contributed by atoms with Crippen molar-refractivity contribution in [2.45, 2.75) is 25.1 Å². The Morgan fingerprint density at radius 3 is 2.81 bits per heavy atom. The van der Waals surface area contributed by atoms with E-state index in [-0.39, 0.29) is 12.5 Å². The summed E-state index contributed by atoms with van der Waals surface area (Å²) < 4.78 is 15.0. The summed E-state index contributed by atoms with van der Waals surface area (Å²) in [6.45, 7) is 0.615. The predicted molar refractivity (Wildman–Crippen MR) is 96.2 cm³/mol. The molecule has 1 aromatic carbocycles. The molecule has 1 fully saturated rings. The Hall–Kier alpha value is -2.80. The van der Waals surface area contributed by atoms with Crippen molar-refractivity contribution in [1.82, 2.24) is 19.5 Å². The highest BCUT2D eigenvalue weighted by atomic mass is 19.1. The first-order valence-electron chi connectivity index (χ1n) is 8.68. The third-order valence-corrected chi connectivity index (χ3v) is 4.72. The van der Waals surface area contributed by atoms with E-state index in [9.17, 15) is 9.18 Å². The fourth-order valence-electron chi connectivity index (χ4n) is 3.28. The van der Waals surface area contributed by atoms with Gasteiger partial charge in [0.05, 0.1) is 24.5 Å². The largest absolute Gasteiger partial charge is 0.338 e. The lowest BCUT2D eigenvalue weighted by molar-refractivity contribution is -0.131. The van der Waals surface area contributed by atoms with Crippen LogP contribution in [0.1, 0.15) is 12.0 Å². The average molecular weight is 353 g/mol. The summed E-state index contributed by atoms with van der Waals surface area (Å²) in [6, 6.07) is 10.9. The average Bonchev–Trinajstić information content (AvgIpc) is 3.29. The van der Waals surface area contributed by atoms with Gasteiger partial charge < -0.3 is 10.6 Å². The maximum Gasteiger partial charge on any atom is 0.239 e. The Kier molecular flexibility index (Phi) is 4.38. The molecule has 2 aromatic heterocycles. The molecule has 1 aliphatic heterocycles. The number of likely N-dealkylation sites (tertiary alicyclic amines) is 1. The van der Waals surface area contributed by atoms with Crippen LogP contribution in [0.3, 0.4) is 0 Å². The molecule has 3 heterocycles. The van der Waals surface area contributed by atoms with Gasteiger partial charge in [-0.3, -0.25) is 4.79 Å². The van der Waals surface area contributed by atoms with Crippen molar-refractivity contribution in [1.29, 1.82) is 0 Å². The summed E-state index contributed by atoms with van der Waals surface area (Å²) in [5.41, 5.74) is 9.64. The summed E-state index contributed by atoms with van der Waals surface area (Å²) in [7, 11) is 0. The number of rotatable bonds is 4. The van der Waals surface area contributed by atoms with Crippen molar-refractivity contribution in [2.24, 2.45) is 5.73 Å². The van der Waals surface area contributed by atoms with Crippen LogP contribution < -0.4 is 5.73 Å². The number of nitrogens with zero attached hydrogens (tertiary/aromatic N) is 4. The highest BCUT2D eigenvalue weighted by molar-refractivity contribution is 5.82. The van der Waals surface area contributed by atoms with E-state index in [0.717, 1.165) is 22.5 Å².